The van der Waals surface area contributed by atoms with Gasteiger partial charge in [0.2, 0.25) is 0 Å². The molecule has 1 saturated carbocycles. The maximum Gasteiger partial charge on any atom is 0.273 e. The molecule has 6 nitrogen and oxygen atoms in total. The number of benzene rings is 1. The lowest BCUT2D eigenvalue weighted by Crippen LogP contribution is -2.39. The number of aryl methyl sites for hydroxylation is 2. The highest BCUT2D eigenvalue weighted by Gasteiger charge is 2.36. The summed E-state index contributed by atoms with van der Waals surface area (Å²) in [6, 6.07) is 6.79. The van der Waals surface area contributed by atoms with E-state index in [4.69, 9.17) is 0 Å². The quantitative estimate of drug-likeness (QED) is 0.788. The predicted molar refractivity (Wildman–Crippen MR) is 114 cm³/mol. The summed E-state index contributed by atoms with van der Waals surface area (Å²) < 4.78 is 1.82. The summed E-state index contributed by atoms with van der Waals surface area (Å²) in [6.07, 6.45) is 8.88. The first-order chi connectivity index (χ1) is 14.0. The molecule has 2 N–H and O–H groups in total. The van der Waals surface area contributed by atoms with Crippen LogP contribution in [0.15, 0.2) is 24.4 Å². The Morgan fingerprint density at radius 1 is 1.21 bits per heavy atom. The molecule has 1 saturated heterocycles. The molecule has 1 aromatic carbocycles. The summed E-state index contributed by atoms with van der Waals surface area (Å²) in [7, 11) is 0. The van der Waals surface area contributed by atoms with Crippen LogP contribution >= 0.6 is 0 Å². The minimum Gasteiger partial charge on any atom is -0.350 e. The number of aromatic nitrogens is 3. The number of hydrogen-bond donors (Lipinski definition) is 2. The predicted octanol–water partition coefficient (Wildman–Crippen LogP) is 3.14. The summed E-state index contributed by atoms with van der Waals surface area (Å²) in [5.74, 6) is 0.446. The van der Waals surface area contributed by atoms with E-state index in [1.54, 1.807) is 6.20 Å². The monoisotopic (exact) mass is 395 g/mol. The largest absolute Gasteiger partial charge is 0.350 e. The molecule has 0 bridgehead atoms. The zero-order valence-corrected chi connectivity index (χ0v) is 17.7. The Morgan fingerprint density at radius 2 is 1.97 bits per heavy atom. The normalized spacial score (nSPS) is 21.2. The number of amides is 1. The van der Waals surface area contributed by atoms with E-state index in [1.165, 1.54) is 42.4 Å². The van der Waals surface area contributed by atoms with Crippen LogP contribution in [0.2, 0.25) is 0 Å². The van der Waals surface area contributed by atoms with Crippen LogP contribution in [0, 0.1) is 19.8 Å². The van der Waals surface area contributed by atoms with E-state index >= 15 is 0 Å². The van der Waals surface area contributed by atoms with Crippen LogP contribution in [0.5, 0.6) is 0 Å². The van der Waals surface area contributed by atoms with Crippen molar-refractivity contribution in [2.45, 2.75) is 64.3 Å². The van der Waals surface area contributed by atoms with E-state index in [1.807, 2.05) is 4.68 Å². The van der Waals surface area contributed by atoms with Crippen LogP contribution in [0.3, 0.4) is 0 Å². The molecule has 4 rings (SSSR count). The van der Waals surface area contributed by atoms with E-state index in [0.29, 0.717) is 18.2 Å². The van der Waals surface area contributed by atoms with Crippen LogP contribution in [-0.4, -0.2) is 40.5 Å². The standard InChI is InChI=1S/C23H33N5O/c1-17-10-18(2)12-20(11-17)23(7-3-4-8-23)16-25-22(29)21-15-28(27-26-21)14-19-6-5-9-24-13-19/h10-12,15,19,24H,3-9,13-14,16H2,1-2H3,(H,25,29)/t19-/m1/s1. The van der Waals surface area contributed by atoms with Gasteiger partial charge in [-0.15, -0.1) is 5.10 Å². The van der Waals surface area contributed by atoms with Gasteiger partial charge in [0.15, 0.2) is 5.69 Å². The van der Waals surface area contributed by atoms with Crippen molar-refractivity contribution in [3.8, 4) is 0 Å². The summed E-state index contributed by atoms with van der Waals surface area (Å²) >= 11 is 0. The molecule has 29 heavy (non-hydrogen) atoms. The fourth-order valence-corrected chi connectivity index (χ4v) is 5.08. The Labute approximate surface area is 173 Å². The Hall–Kier alpha value is -2.21. The molecule has 0 radical (unpaired) electrons. The van der Waals surface area contributed by atoms with E-state index in [-0.39, 0.29) is 11.3 Å². The molecule has 1 aromatic heterocycles. The lowest BCUT2D eigenvalue weighted by molar-refractivity contribution is 0.0938. The third kappa shape index (κ3) is 4.69. The average molecular weight is 396 g/mol. The van der Waals surface area contributed by atoms with E-state index in [2.05, 4.69) is 53.0 Å². The molecular weight excluding hydrogens is 362 g/mol. The number of nitrogens with one attached hydrogen (secondary N) is 2. The van der Waals surface area contributed by atoms with Gasteiger partial charge in [-0.2, -0.15) is 0 Å². The second-order valence-corrected chi connectivity index (χ2v) is 9.08. The van der Waals surface area contributed by atoms with Crippen molar-refractivity contribution in [1.29, 1.82) is 0 Å². The number of carbonyl (C=O) groups is 1. The van der Waals surface area contributed by atoms with Crippen LogP contribution in [0.1, 0.15) is 65.7 Å². The van der Waals surface area contributed by atoms with Gasteiger partial charge in [0.05, 0.1) is 6.20 Å². The van der Waals surface area contributed by atoms with Crippen molar-refractivity contribution >= 4 is 5.91 Å². The van der Waals surface area contributed by atoms with Gasteiger partial charge in [-0.1, -0.05) is 47.4 Å². The van der Waals surface area contributed by atoms with Gasteiger partial charge in [-0.3, -0.25) is 9.48 Å². The third-order valence-corrected chi connectivity index (χ3v) is 6.60. The Balaban J connectivity index is 1.41. The summed E-state index contributed by atoms with van der Waals surface area (Å²) in [5, 5.41) is 14.9. The Morgan fingerprint density at radius 3 is 2.66 bits per heavy atom. The van der Waals surface area contributed by atoms with Gasteiger partial charge in [-0.25, -0.2) is 0 Å². The topological polar surface area (TPSA) is 71.8 Å². The van der Waals surface area contributed by atoms with Crippen LogP contribution in [-0.2, 0) is 12.0 Å². The molecule has 1 aliphatic carbocycles. The molecule has 156 valence electrons. The van der Waals surface area contributed by atoms with Gasteiger partial charge in [0.1, 0.15) is 0 Å². The maximum absolute atomic E-state index is 12.8. The first kappa shape index (κ1) is 20.1. The van der Waals surface area contributed by atoms with E-state index in [9.17, 15) is 4.79 Å². The SMILES string of the molecule is Cc1cc(C)cc(C2(CNC(=O)c3cn(C[C@@H]4CCCNC4)nn3)CCCC2)c1. The van der Waals surface area contributed by atoms with Gasteiger partial charge in [0.25, 0.3) is 5.91 Å². The summed E-state index contributed by atoms with van der Waals surface area (Å²) in [5.41, 5.74) is 4.40. The van der Waals surface area contributed by atoms with Crippen LogP contribution in [0.4, 0.5) is 0 Å². The fraction of sp³-hybridized carbons (Fsp3) is 0.609. The highest BCUT2D eigenvalue weighted by Crippen LogP contribution is 2.41. The second-order valence-electron chi connectivity index (χ2n) is 9.08. The van der Waals surface area contributed by atoms with Crippen molar-refractivity contribution < 1.29 is 4.79 Å². The van der Waals surface area contributed by atoms with Gasteiger partial charge < -0.3 is 10.6 Å². The number of rotatable bonds is 6. The first-order valence-electron chi connectivity index (χ1n) is 11.0. The number of hydrogen-bond acceptors (Lipinski definition) is 4. The zero-order chi connectivity index (χ0) is 20.3. The molecule has 1 aliphatic heterocycles. The van der Waals surface area contributed by atoms with E-state index in [0.717, 1.165) is 32.5 Å². The Kier molecular flexibility index (Phi) is 5.99. The van der Waals surface area contributed by atoms with Gasteiger partial charge >= 0.3 is 0 Å². The maximum atomic E-state index is 12.8. The molecule has 2 aromatic rings. The highest BCUT2D eigenvalue weighted by atomic mass is 16.2. The number of piperidine rings is 1. The van der Waals surface area contributed by atoms with Gasteiger partial charge in [0, 0.05) is 18.5 Å². The molecular formula is C23H33N5O. The smallest absolute Gasteiger partial charge is 0.273 e. The lowest BCUT2D eigenvalue weighted by atomic mass is 9.77. The summed E-state index contributed by atoms with van der Waals surface area (Å²) in [4.78, 5) is 12.8. The van der Waals surface area contributed by atoms with Crippen molar-refractivity contribution in [3.63, 3.8) is 0 Å². The second kappa shape index (κ2) is 8.66. The molecule has 0 unspecified atom stereocenters. The molecule has 2 aliphatic rings. The lowest BCUT2D eigenvalue weighted by Gasteiger charge is -2.30. The summed E-state index contributed by atoms with van der Waals surface area (Å²) in [6.45, 7) is 7.90. The van der Waals surface area contributed by atoms with Crippen LogP contribution < -0.4 is 10.6 Å². The van der Waals surface area contributed by atoms with E-state index < -0.39 is 0 Å². The highest BCUT2D eigenvalue weighted by molar-refractivity contribution is 5.91. The van der Waals surface area contributed by atoms with Crippen molar-refractivity contribution in [3.05, 3.63) is 46.8 Å². The Bertz CT molecular complexity index is 826. The minimum absolute atomic E-state index is 0.0379. The zero-order valence-electron chi connectivity index (χ0n) is 17.7. The third-order valence-electron chi connectivity index (χ3n) is 6.60. The van der Waals surface area contributed by atoms with Crippen LogP contribution in [0.25, 0.3) is 0 Å². The van der Waals surface area contributed by atoms with Crippen molar-refractivity contribution in [2.24, 2.45) is 5.92 Å². The minimum atomic E-state index is -0.117. The number of carbonyl (C=O) groups excluding carboxylic acids is 1. The molecule has 0 spiro atoms. The molecule has 1 atom stereocenters. The molecule has 2 fully saturated rings. The first-order valence-corrected chi connectivity index (χ1v) is 11.0. The van der Waals surface area contributed by atoms with Crippen molar-refractivity contribution in [2.75, 3.05) is 19.6 Å². The molecule has 6 heteroatoms. The number of nitrogens with zero attached hydrogens (tertiary/aromatic N) is 3. The van der Waals surface area contributed by atoms with Gasteiger partial charge in [-0.05, 0) is 64.1 Å². The van der Waals surface area contributed by atoms with Crippen molar-refractivity contribution in [1.82, 2.24) is 25.6 Å². The average Bonchev–Trinajstić information content (AvgIpc) is 3.37. The molecule has 2 heterocycles. The fourth-order valence-electron chi connectivity index (χ4n) is 5.08. The molecule has 1 amide bonds.